The molecule has 1 aliphatic heterocycles. The fraction of sp³-hybridized carbons (Fsp3) is 0.600. The molecule has 0 aromatic heterocycles. The van der Waals surface area contributed by atoms with Crippen molar-refractivity contribution in [3.8, 4) is 0 Å². The van der Waals surface area contributed by atoms with Crippen molar-refractivity contribution in [2.45, 2.75) is 38.8 Å². The Labute approximate surface area is 110 Å². The summed E-state index contributed by atoms with van der Waals surface area (Å²) < 4.78 is 5.72. The highest BCUT2D eigenvalue weighted by Gasteiger charge is 2.19. The first-order valence-corrected chi connectivity index (χ1v) is 6.97. The van der Waals surface area contributed by atoms with Crippen LogP contribution in [0.2, 0.25) is 0 Å². The normalized spacial score (nSPS) is 19.6. The van der Waals surface area contributed by atoms with E-state index in [4.69, 9.17) is 10.5 Å². The van der Waals surface area contributed by atoms with E-state index in [-0.39, 0.29) is 0 Å². The first-order chi connectivity index (χ1) is 8.79. The number of benzene rings is 1. The lowest BCUT2D eigenvalue weighted by Gasteiger charge is -2.25. The van der Waals surface area contributed by atoms with Gasteiger partial charge in [0.25, 0.3) is 0 Å². The topological polar surface area (TPSA) is 38.5 Å². The number of nitrogens with two attached hydrogens (primary N) is 1. The maximum absolute atomic E-state index is 6.02. The van der Waals surface area contributed by atoms with Gasteiger partial charge in [0, 0.05) is 25.4 Å². The molecule has 1 heterocycles. The summed E-state index contributed by atoms with van der Waals surface area (Å²) in [5, 5.41) is 0. The number of hydrogen-bond acceptors (Lipinski definition) is 3. The van der Waals surface area contributed by atoms with Gasteiger partial charge in [-0.3, -0.25) is 4.90 Å². The van der Waals surface area contributed by atoms with Crippen molar-refractivity contribution in [1.29, 1.82) is 0 Å². The van der Waals surface area contributed by atoms with E-state index in [0.717, 1.165) is 31.9 Å². The number of anilines is 1. The SMILES string of the molecule is CCCN(Cc1ccccc1N)CC1CCCO1. The van der Waals surface area contributed by atoms with Gasteiger partial charge in [0.1, 0.15) is 0 Å². The summed E-state index contributed by atoms with van der Waals surface area (Å²) in [6.07, 6.45) is 3.99. The molecule has 1 aliphatic rings. The van der Waals surface area contributed by atoms with Crippen molar-refractivity contribution in [3.63, 3.8) is 0 Å². The monoisotopic (exact) mass is 248 g/mol. The smallest absolute Gasteiger partial charge is 0.0702 e. The van der Waals surface area contributed by atoms with E-state index in [1.165, 1.54) is 24.8 Å². The van der Waals surface area contributed by atoms with Gasteiger partial charge in [0.15, 0.2) is 0 Å². The lowest BCUT2D eigenvalue weighted by molar-refractivity contribution is 0.0707. The van der Waals surface area contributed by atoms with Crippen LogP contribution in [0, 0.1) is 0 Å². The van der Waals surface area contributed by atoms with E-state index in [9.17, 15) is 0 Å². The first-order valence-electron chi connectivity index (χ1n) is 6.97. The minimum atomic E-state index is 0.418. The predicted octanol–water partition coefficient (Wildman–Crippen LogP) is 2.66. The molecule has 0 aliphatic carbocycles. The van der Waals surface area contributed by atoms with Crippen LogP contribution in [0.4, 0.5) is 5.69 Å². The van der Waals surface area contributed by atoms with E-state index in [2.05, 4.69) is 24.0 Å². The van der Waals surface area contributed by atoms with Gasteiger partial charge in [-0.1, -0.05) is 25.1 Å². The van der Waals surface area contributed by atoms with Gasteiger partial charge in [-0.05, 0) is 37.4 Å². The molecule has 0 amide bonds. The Kier molecular flexibility index (Phi) is 5.02. The summed E-state index contributed by atoms with van der Waals surface area (Å²) >= 11 is 0. The summed E-state index contributed by atoms with van der Waals surface area (Å²) in [6, 6.07) is 8.14. The van der Waals surface area contributed by atoms with Crippen molar-refractivity contribution in [1.82, 2.24) is 4.90 Å². The van der Waals surface area contributed by atoms with Crippen LogP contribution in [0.25, 0.3) is 0 Å². The predicted molar refractivity (Wildman–Crippen MR) is 75.4 cm³/mol. The molecule has 0 saturated carbocycles. The van der Waals surface area contributed by atoms with Crippen LogP contribution in [0.5, 0.6) is 0 Å². The summed E-state index contributed by atoms with van der Waals surface area (Å²) in [7, 11) is 0. The Morgan fingerprint density at radius 1 is 1.39 bits per heavy atom. The number of para-hydroxylation sites is 1. The van der Waals surface area contributed by atoms with E-state index >= 15 is 0 Å². The highest BCUT2D eigenvalue weighted by Crippen LogP contribution is 2.17. The maximum atomic E-state index is 6.02. The lowest BCUT2D eigenvalue weighted by Crippen LogP contribution is -2.32. The lowest BCUT2D eigenvalue weighted by atomic mass is 10.1. The minimum Gasteiger partial charge on any atom is -0.398 e. The van der Waals surface area contributed by atoms with Crippen LogP contribution in [-0.4, -0.2) is 30.7 Å². The summed E-state index contributed by atoms with van der Waals surface area (Å²) in [4.78, 5) is 2.46. The average molecular weight is 248 g/mol. The van der Waals surface area contributed by atoms with Gasteiger partial charge in [0.05, 0.1) is 6.10 Å². The van der Waals surface area contributed by atoms with Gasteiger partial charge in [0.2, 0.25) is 0 Å². The second kappa shape index (κ2) is 6.76. The second-order valence-electron chi connectivity index (χ2n) is 5.07. The molecule has 0 spiro atoms. The average Bonchev–Trinajstić information content (AvgIpc) is 2.85. The number of nitrogen functional groups attached to an aromatic ring is 1. The molecule has 1 aromatic rings. The standard InChI is InChI=1S/C15H24N2O/c1-2-9-17(12-14-7-5-10-18-14)11-13-6-3-4-8-15(13)16/h3-4,6,8,14H,2,5,7,9-12,16H2,1H3. The Morgan fingerprint density at radius 2 is 2.22 bits per heavy atom. The zero-order valence-electron chi connectivity index (χ0n) is 11.3. The van der Waals surface area contributed by atoms with Crippen molar-refractivity contribution in [2.24, 2.45) is 0 Å². The fourth-order valence-electron chi connectivity index (χ4n) is 2.55. The number of nitrogens with zero attached hydrogens (tertiary/aromatic N) is 1. The molecule has 1 unspecified atom stereocenters. The van der Waals surface area contributed by atoms with E-state index in [1.54, 1.807) is 0 Å². The summed E-state index contributed by atoms with van der Waals surface area (Å²) in [5.41, 5.74) is 8.14. The Hall–Kier alpha value is -1.06. The van der Waals surface area contributed by atoms with Gasteiger partial charge in [-0.15, -0.1) is 0 Å². The van der Waals surface area contributed by atoms with Crippen LogP contribution in [-0.2, 0) is 11.3 Å². The number of rotatable bonds is 6. The van der Waals surface area contributed by atoms with E-state index in [0.29, 0.717) is 6.10 Å². The third-order valence-corrected chi connectivity index (χ3v) is 3.47. The van der Waals surface area contributed by atoms with Crippen LogP contribution in [0.15, 0.2) is 24.3 Å². The van der Waals surface area contributed by atoms with Crippen molar-refractivity contribution in [2.75, 3.05) is 25.4 Å². The first kappa shape index (κ1) is 13.4. The molecule has 3 heteroatoms. The molecule has 18 heavy (non-hydrogen) atoms. The molecule has 1 atom stereocenters. The van der Waals surface area contributed by atoms with Gasteiger partial charge in [-0.25, -0.2) is 0 Å². The molecule has 1 fully saturated rings. The van der Waals surface area contributed by atoms with Crippen LogP contribution in [0.3, 0.4) is 0 Å². The van der Waals surface area contributed by atoms with E-state index in [1.807, 2.05) is 12.1 Å². The highest BCUT2D eigenvalue weighted by atomic mass is 16.5. The van der Waals surface area contributed by atoms with Crippen molar-refractivity contribution in [3.05, 3.63) is 29.8 Å². The summed E-state index contributed by atoms with van der Waals surface area (Å²) in [5.74, 6) is 0. The molecule has 2 N–H and O–H groups in total. The van der Waals surface area contributed by atoms with E-state index < -0.39 is 0 Å². The zero-order chi connectivity index (χ0) is 12.8. The Bertz CT molecular complexity index is 361. The van der Waals surface area contributed by atoms with Gasteiger partial charge >= 0.3 is 0 Å². The molecule has 0 radical (unpaired) electrons. The fourth-order valence-corrected chi connectivity index (χ4v) is 2.55. The van der Waals surface area contributed by atoms with Gasteiger partial charge in [-0.2, -0.15) is 0 Å². The summed E-state index contributed by atoms with van der Waals surface area (Å²) in [6.45, 7) is 6.21. The molecule has 1 saturated heterocycles. The minimum absolute atomic E-state index is 0.418. The van der Waals surface area contributed by atoms with Crippen LogP contribution >= 0.6 is 0 Å². The van der Waals surface area contributed by atoms with Gasteiger partial charge < -0.3 is 10.5 Å². The molecule has 0 bridgehead atoms. The molecule has 100 valence electrons. The Morgan fingerprint density at radius 3 is 2.89 bits per heavy atom. The molecular weight excluding hydrogens is 224 g/mol. The Balaban J connectivity index is 1.94. The highest BCUT2D eigenvalue weighted by molar-refractivity contribution is 5.46. The van der Waals surface area contributed by atoms with Crippen molar-refractivity contribution >= 4 is 5.69 Å². The van der Waals surface area contributed by atoms with Crippen molar-refractivity contribution < 1.29 is 4.74 Å². The second-order valence-corrected chi connectivity index (χ2v) is 5.07. The third-order valence-electron chi connectivity index (χ3n) is 3.47. The third kappa shape index (κ3) is 3.72. The molecular formula is C15H24N2O. The number of ether oxygens (including phenoxy) is 1. The zero-order valence-corrected chi connectivity index (χ0v) is 11.3. The van der Waals surface area contributed by atoms with Crippen LogP contribution < -0.4 is 5.73 Å². The molecule has 1 aromatic carbocycles. The number of hydrogen-bond donors (Lipinski definition) is 1. The largest absolute Gasteiger partial charge is 0.398 e. The molecule has 2 rings (SSSR count). The maximum Gasteiger partial charge on any atom is 0.0702 e. The quantitative estimate of drug-likeness (QED) is 0.787. The molecule has 3 nitrogen and oxygen atoms in total. The van der Waals surface area contributed by atoms with Crippen LogP contribution in [0.1, 0.15) is 31.7 Å².